The van der Waals surface area contributed by atoms with Crippen LogP contribution in [0, 0.1) is 12.7 Å². The van der Waals surface area contributed by atoms with Gasteiger partial charge in [-0.25, -0.2) is 9.37 Å². The fourth-order valence-corrected chi connectivity index (χ4v) is 3.66. The van der Waals surface area contributed by atoms with Crippen molar-refractivity contribution in [2.24, 2.45) is 4.99 Å². The first-order valence-corrected chi connectivity index (χ1v) is 10.5. The molecule has 0 radical (unpaired) electrons. The smallest absolute Gasteiger partial charge is 0.191 e. The first-order valence-electron chi connectivity index (χ1n) is 10.5. The predicted octanol–water partition coefficient (Wildman–Crippen LogP) is 3.72. The number of ether oxygens (including phenoxy) is 1. The van der Waals surface area contributed by atoms with Crippen LogP contribution in [0.2, 0.25) is 0 Å². The average Bonchev–Trinajstić information content (AvgIpc) is 3.16. The average molecular weight is 402 g/mol. The molecular formula is C22H32FN5O. The molecular weight excluding hydrogens is 369 g/mol. The fourth-order valence-electron chi connectivity index (χ4n) is 3.66. The number of aryl methyl sites for hydroxylation is 1. The summed E-state index contributed by atoms with van der Waals surface area (Å²) in [7, 11) is 1.74. The van der Waals surface area contributed by atoms with Crippen LogP contribution in [-0.4, -0.2) is 41.8 Å². The highest BCUT2D eigenvalue weighted by Gasteiger charge is 2.13. The van der Waals surface area contributed by atoms with Gasteiger partial charge in [-0.3, -0.25) is 4.99 Å². The molecule has 2 N–H and O–H groups in total. The lowest BCUT2D eigenvalue weighted by atomic mass is 9.98. The molecule has 1 aliphatic rings. The molecule has 1 heterocycles. The van der Waals surface area contributed by atoms with E-state index in [0.29, 0.717) is 24.3 Å². The van der Waals surface area contributed by atoms with Crippen molar-refractivity contribution < 1.29 is 9.13 Å². The van der Waals surface area contributed by atoms with Crippen molar-refractivity contribution >= 4 is 5.96 Å². The molecule has 29 heavy (non-hydrogen) atoms. The van der Waals surface area contributed by atoms with E-state index in [4.69, 9.17) is 4.74 Å². The SMILES string of the molecule is CN=C(NCCCOC1CCCCC1)NCc1ccc(-n2ccnc2C)c(F)c1. The van der Waals surface area contributed by atoms with Crippen LogP contribution in [0.1, 0.15) is 49.9 Å². The van der Waals surface area contributed by atoms with Gasteiger partial charge in [0.05, 0.1) is 11.8 Å². The maximum Gasteiger partial charge on any atom is 0.191 e. The van der Waals surface area contributed by atoms with Crippen LogP contribution >= 0.6 is 0 Å². The number of guanidine groups is 1. The lowest BCUT2D eigenvalue weighted by Crippen LogP contribution is -2.37. The van der Waals surface area contributed by atoms with E-state index in [-0.39, 0.29) is 5.82 Å². The van der Waals surface area contributed by atoms with Gasteiger partial charge in [-0.2, -0.15) is 0 Å². The Morgan fingerprint density at radius 1 is 1.28 bits per heavy atom. The Hall–Kier alpha value is -2.41. The lowest BCUT2D eigenvalue weighted by Gasteiger charge is -2.22. The molecule has 0 atom stereocenters. The highest BCUT2D eigenvalue weighted by atomic mass is 19.1. The fraction of sp³-hybridized carbons (Fsp3) is 0.545. The third kappa shape index (κ3) is 6.29. The molecule has 1 saturated carbocycles. The lowest BCUT2D eigenvalue weighted by molar-refractivity contribution is 0.0277. The second kappa shape index (κ2) is 11.0. The van der Waals surface area contributed by atoms with E-state index in [9.17, 15) is 4.39 Å². The molecule has 0 aliphatic heterocycles. The first kappa shape index (κ1) is 21.3. The summed E-state index contributed by atoms with van der Waals surface area (Å²) in [4.78, 5) is 8.38. The number of imidazole rings is 1. The molecule has 1 aromatic carbocycles. The van der Waals surface area contributed by atoms with Crippen LogP contribution in [0.15, 0.2) is 35.6 Å². The van der Waals surface area contributed by atoms with Crippen LogP contribution in [0.3, 0.4) is 0 Å². The van der Waals surface area contributed by atoms with E-state index in [1.54, 1.807) is 36.1 Å². The van der Waals surface area contributed by atoms with E-state index in [1.165, 1.54) is 32.1 Å². The predicted molar refractivity (Wildman–Crippen MR) is 114 cm³/mol. The summed E-state index contributed by atoms with van der Waals surface area (Å²) in [6.07, 6.45) is 11.1. The number of aromatic nitrogens is 2. The van der Waals surface area contributed by atoms with Crippen LogP contribution in [0.25, 0.3) is 5.69 Å². The summed E-state index contributed by atoms with van der Waals surface area (Å²) in [5, 5.41) is 6.52. The number of aliphatic imine (C=N–C) groups is 1. The quantitative estimate of drug-likeness (QED) is 0.402. The molecule has 0 bridgehead atoms. The maximum absolute atomic E-state index is 14.5. The van der Waals surface area contributed by atoms with Crippen molar-refractivity contribution in [3.63, 3.8) is 0 Å². The van der Waals surface area contributed by atoms with Gasteiger partial charge in [-0.05, 0) is 43.9 Å². The van der Waals surface area contributed by atoms with Gasteiger partial charge in [0, 0.05) is 39.1 Å². The minimum atomic E-state index is -0.270. The van der Waals surface area contributed by atoms with Crippen LogP contribution in [0.4, 0.5) is 4.39 Å². The number of rotatable bonds is 8. The van der Waals surface area contributed by atoms with Gasteiger partial charge in [0.25, 0.3) is 0 Å². The van der Waals surface area contributed by atoms with E-state index in [2.05, 4.69) is 20.6 Å². The highest BCUT2D eigenvalue weighted by molar-refractivity contribution is 5.79. The molecule has 0 saturated heterocycles. The Morgan fingerprint density at radius 3 is 2.79 bits per heavy atom. The Bertz CT molecular complexity index is 798. The zero-order chi connectivity index (χ0) is 20.5. The number of benzene rings is 1. The molecule has 7 heteroatoms. The maximum atomic E-state index is 14.5. The van der Waals surface area contributed by atoms with Crippen molar-refractivity contribution in [1.82, 2.24) is 20.2 Å². The summed E-state index contributed by atoms with van der Waals surface area (Å²) < 4.78 is 22.2. The monoisotopic (exact) mass is 401 g/mol. The molecule has 3 rings (SSSR count). The molecule has 158 valence electrons. The zero-order valence-electron chi connectivity index (χ0n) is 17.5. The summed E-state index contributed by atoms with van der Waals surface area (Å²) in [6, 6.07) is 5.24. The van der Waals surface area contributed by atoms with Gasteiger partial charge in [-0.15, -0.1) is 0 Å². The van der Waals surface area contributed by atoms with Crippen molar-refractivity contribution in [2.45, 2.75) is 58.1 Å². The molecule has 6 nitrogen and oxygen atoms in total. The number of nitrogens with one attached hydrogen (secondary N) is 2. The molecule has 1 aliphatic carbocycles. The molecule has 2 aromatic rings. The van der Waals surface area contributed by atoms with Crippen LogP contribution in [-0.2, 0) is 11.3 Å². The second-order valence-electron chi connectivity index (χ2n) is 7.47. The van der Waals surface area contributed by atoms with Crippen molar-refractivity contribution in [3.05, 3.63) is 47.8 Å². The minimum absolute atomic E-state index is 0.270. The standard InChI is InChI=1S/C22H32FN5O/c1-17-25-12-13-28(17)21-10-9-18(15-20(21)23)16-27-22(24-2)26-11-6-14-29-19-7-4-3-5-8-19/h9-10,12-13,15,19H,3-8,11,14,16H2,1-2H3,(H2,24,26,27). The molecule has 1 fully saturated rings. The van der Waals surface area contributed by atoms with Crippen molar-refractivity contribution in [1.29, 1.82) is 0 Å². The summed E-state index contributed by atoms with van der Waals surface area (Å²) >= 11 is 0. The largest absolute Gasteiger partial charge is 0.378 e. The second-order valence-corrected chi connectivity index (χ2v) is 7.47. The van der Waals surface area contributed by atoms with Gasteiger partial charge in [0.15, 0.2) is 5.96 Å². The Kier molecular flexibility index (Phi) is 8.04. The Balaban J connectivity index is 1.40. The normalized spacial score (nSPS) is 15.5. The Morgan fingerprint density at radius 2 is 2.10 bits per heavy atom. The zero-order valence-corrected chi connectivity index (χ0v) is 17.5. The third-order valence-corrected chi connectivity index (χ3v) is 5.30. The topological polar surface area (TPSA) is 63.5 Å². The van der Waals surface area contributed by atoms with E-state index in [1.807, 2.05) is 13.0 Å². The summed E-state index contributed by atoms with van der Waals surface area (Å²) in [6.45, 7) is 3.91. The minimum Gasteiger partial charge on any atom is -0.378 e. The van der Waals surface area contributed by atoms with Gasteiger partial charge in [0.1, 0.15) is 11.6 Å². The van der Waals surface area contributed by atoms with Crippen molar-refractivity contribution in [2.75, 3.05) is 20.2 Å². The van der Waals surface area contributed by atoms with Crippen LogP contribution in [0.5, 0.6) is 0 Å². The van der Waals surface area contributed by atoms with Gasteiger partial charge >= 0.3 is 0 Å². The highest BCUT2D eigenvalue weighted by Crippen LogP contribution is 2.20. The number of hydrogen-bond donors (Lipinski definition) is 2. The van der Waals surface area contributed by atoms with Gasteiger partial charge in [-0.1, -0.05) is 25.3 Å². The molecule has 1 aromatic heterocycles. The first-order chi connectivity index (χ1) is 14.2. The Labute approximate surface area is 172 Å². The van der Waals surface area contributed by atoms with Crippen molar-refractivity contribution in [3.8, 4) is 5.69 Å². The third-order valence-electron chi connectivity index (χ3n) is 5.30. The van der Waals surface area contributed by atoms with Crippen LogP contribution < -0.4 is 10.6 Å². The number of nitrogens with zero attached hydrogens (tertiary/aromatic N) is 3. The molecule has 0 unspecified atom stereocenters. The number of halogens is 1. The van der Waals surface area contributed by atoms with E-state index >= 15 is 0 Å². The van der Waals surface area contributed by atoms with Gasteiger partial charge < -0.3 is 19.9 Å². The molecule has 0 amide bonds. The van der Waals surface area contributed by atoms with E-state index in [0.717, 1.165) is 31.0 Å². The molecule has 0 spiro atoms. The van der Waals surface area contributed by atoms with Gasteiger partial charge in [0.2, 0.25) is 0 Å². The summed E-state index contributed by atoms with van der Waals surface area (Å²) in [5.41, 5.74) is 1.36. The van der Waals surface area contributed by atoms with E-state index < -0.39 is 0 Å². The summed E-state index contributed by atoms with van der Waals surface area (Å²) in [5.74, 6) is 1.19. The number of hydrogen-bond acceptors (Lipinski definition) is 3.